The highest BCUT2D eigenvalue weighted by molar-refractivity contribution is 6.31. The van der Waals surface area contributed by atoms with Gasteiger partial charge in [0.1, 0.15) is 5.41 Å². The molecule has 0 atom stereocenters. The second kappa shape index (κ2) is 8.89. The summed E-state index contributed by atoms with van der Waals surface area (Å²) in [6.45, 7) is 4.99. The van der Waals surface area contributed by atoms with E-state index in [-0.39, 0.29) is 11.8 Å². The fourth-order valence-electron chi connectivity index (χ4n) is 1.96. The van der Waals surface area contributed by atoms with Crippen LogP contribution in [0.25, 0.3) is 0 Å². The van der Waals surface area contributed by atoms with Crippen molar-refractivity contribution in [3.05, 3.63) is 34.9 Å². The van der Waals surface area contributed by atoms with Crippen LogP contribution in [0.15, 0.2) is 24.3 Å². The number of amides is 2. The van der Waals surface area contributed by atoms with Crippen molar-refractivity contribution >= 4 is 23.4 Å². The van der Waals surface area contributed by atoms with Crippen LogP contribution in [0.1, 0.15) is 25.8 Å². The number of carbonyl (C=O) groups is 2. The van der Waals surface area contributed by atoms with Crippen LogP contribution in [-0.4, -0.2) is 43.9 Å². The van der Waals surface area contributed by atoms with Gasteiger partial charge in [0.2, 0.25) is 11.8 Å². The molecule has 23 heavy (non-hydrogen) atoms. The van der Waals surface area contributed by atoms with Gasteiger partial charge in [0, 0.05) is 18.1 Å². The quantitative estimate of drug-likeness (QED) is 0.563. The van der Waals surface area contributed by atoms with Crippen LogP contribution in [-0.2, 0) is 16.1 Å². The lowest BCUT2D eigenvalue weighted by molar-refractivity contribution is -0.141. The number of carbonyl (C=O) groups excluding carboxylic acids is 2. The molecule has 0 radical (unpaired) electrons. The third kappa shape index (κ3) is 6.20. The van der Waals surface area contributed by atoms with Crippen LogP contribution in [0, 0.1) is 5.41 Å². The zero-order valence-electron chi connectivity index (χ0n) is 14.3. The van der Waals surface area contributed by atoms with Gasteiger partial charge in [-0.05, 0) is 52.5 Å². The zero-order chi connectivity index (χ0) is 17.5. The molecule has 6 heteroatoms. The molecule has 0 fully saturated rings. The second-order valence-corrected chi connectivity index (χ2v) is 6.72. The van der Waals surface area contributed by atoms with Crippen molar-refractivity contribution in [1.82, 2.24) is 15.5 Å². The number of rotatable bonds is 8. The Morgan fingerprint density at radius 3 is 2.35 bits per heavy atom. The molecule has 1 rings (SSSR count). The largest absolute Gasteiger partial charge is 0.355 e. The summed E-state index contributed by atoms with van der Waals surface area (Å²) in [5, 5.41) is 6.19. The lowest BCUT2D eigenvalue weighted by Gasteiger charge is -2.23. The van der Waals surface area contributed by atoms with E-state index >= 15 is 0 Å². The third-order valence-corrected chi connectivity index (χ3v) is 3.97. The van der Waals surface area contributed by atoms with Gasteiger partial charge in [0.25, 0.3) is 0 Å². The van der Waals surface area contributed by atoms with Crippen LogP contribution in [0.5, 0.6) is 0 Å². The van der Waals surface area contributed by atoms with Gasteiger partial charge in [-0.25, -0.2) is 0 Å². The molecule has 1 aromatic carbocycles. The van der Waals surface area contributed by atoms with Gasteiger partial charge < -0.3 is 15.5 Å². The van der Waals surface area contributed by atoms with E-state index in [1.54, 1.807) is 19.9 Å². The predicted molar refractivity (Wildman–Crippen MR) is 93.3 cm³/mol. The molecule has 1 aromatic rings. The van der Waals surface area contributed by atoms with Gasteiger partial charge in [-0.2, -0.15) is 0 Å². The van der Waals surface area contributed by atoms with Crippen LogP contribution in [0.3, 0.4) is 0 Å². The van der Waals surface area contributed by atoms with Crippen molar-refractivity contribution in [3.63, 3.8) is 0 Å². The highest BCUT2D eigenvalue weighted by Crippen LogP contribution is 2.18. The molecule has 128 valence electrons. The molecule has 2 N–H and O–H groups in total. The van der Waals surface area contributed by atoms with E-state index < -0.39 is 5.41 Å². The molecule has 5 nitrogen and oxygen atoms in total. The standard InChI is InChI=1S/C17H26ClN3O2/c1-17(2,15(22)19-10-7-11-21(3)4)16(23)20-12-13-8-5-6-9-14(13)18/h5-6,8-9H,7,10-12H2,1-4H3,(H,19,22)(H,20,23). The average Bonchev–Trinajstić information content (AvgIpc) is 2.49. The number of halogens is 1. The van der Waals surface area contributed by atoms with Crippen LogP contribution < -0.4 is 10.6 Å². The second-order valence-electron chi connectivity index (χ2n) is 6.31. The summed E-state index contributed by atoms with van der Waals surface area (Å²) in [6.07, 6.45) is 0.843. The lowest BCUT2D eigenvalue weighted by atomic mass is 9.91. The van der Waals surface area contributed by atoms with Crippen LogP contribution in [0.4, 0.5) is 0 Å². The van der Waals surface area contributed by atoms with Gasteiger partial charge >= 0.3 is 0 Å². The first-order chi connectivity index (χ1) is 10.7. The minimum Gasteiger partial charge on any atom is -0.355 e. The van der Waals surface area contributed by atoms with Crippen molar-refractivity contribution in [1.29, 1.82) is 0 Å². The maximum Gasteiger partial charge on any atom is 0.235 e. The Kier molecular flexibility index (Phi) is 7.52. The number of hydrogen-bond acceptors (Lipinski definition) is 3. The molecule has 0 heterocycles. The summed E-state index contributed by atoms with van der Waals surface area (Å²) in [5.74, 6) is -0.588. The average molecular weight is 340 g/mol. The third-order valence-electron chi connectivity index (χ3n) is 3.60. The number of nitrogens with one attached hydrogen (secondary N) is 2. The molecule has 0 saturated carbocycles. The maximum atomic E-state index is 12.3. The Labute approximate surface area is 143 Å². The van der Waals surface area contributed by atoms with E-state index in [2.05, 4.69) is 10.6 Å². The summed E-state index contributed by atoms with van der Waals surface area (Å²) < 4.78 is 0. The van der Waals surface area contributed by atoms with Crippen LogP contribution in [0.2, 0.25) is 5.02 Å². The molecule has 2 amide bonds. The SMILES string of the molecule is CN(C)CCCNC(=O)C(C)(C)C(=O)NCc1ccccc1Cl. The summed E-state index contributed by atoms with van der Waals surface area (Å²) >= 11 is 6.06. The molecule has 0 aliphatic heterocycles. The first-order valence-corrected chi connectivity index (χ1v) is 8.07. The fourth-order valence-corrected chi connectivity index (χ4v) is 2.16. The molecule has 0 aliphatic carbocycles. The molecule has 0 spiro atoms. The highest BCUT2D eigenvalue weighted by Gasteiger charge is 2.35. The molecule has 0 unspecified atom stereocenters. The number of nitrogens with zero attached hydrogens (tertiary/aromatic N) is 1. The van der Waals surface area contributed by atoms with Crippen molar-refractivity contribution in [3.8, 4) is 0 Å². The van der Waals surface area contributed by atoms with E-state index in [1.165, 1.54) is 0 Å². The van der Waals surface area contributed by atoms with E-state index in [1.807, 2.05) is 37.2 Å². The minimum atomic E-state index is -1.13. The molecular weight excluding hydrogens is 314 g/mol. The van der Waals surface area contributed by atoms with Crippen molar-refractivity contribution in [2.75, 3.05) is 27.2 Å². The van der Waals surface area contributed by atoms with Gasteiger partial charge in [-0.1, -0.05) is 29.8 Å². The maximum absolute atomic E-state index is 12.3. The Morgan fingerprint density at radius 1 is 1.13 bits per heavy atom. The topological polar surface area (TPSA) is 61.4 Å². The van der Waals surface area contributed by atoms with E-state index in [0.717, 1.165) is 18.5 Å². The molecule has 0 aliphatic rings. The van der Waals surface area contributed by atoms with Crippen molar-refractivity contribution < 1.29 is 9.59 Å². The van der Waals surface area contributed by atoms with Crippen molar-refractivity contribution in [2.24, 2.45) is 5.41 Å². The van der Waals surface area contributed by atoms with Gasteiger partial charge in [-0.3, -0.25) is 9.59 Å². The Bertz CT molecular complexity index is 544. The van der Waals surface area contributed by atoms with E-state index in [9.17, 15) is 9.59 Å². The normalized spacial score (nSPS) is 11.4. The van der Waals surface area contributed by atoms with Gasteiger partial charge in [-0.15, -0.1) is 0 Å². The van der Waals surface area contributed by atoms with E-state index in [4.69, 9.17) is 11.6 Å². The first-order valence-electron chi connectivity index (χ1n) is 7.70. The lowest BCUT2D eigenvalue weighted by Crippen LogP contribution is -2.48. The predicted octanol–water partition coefficient (Wildman–Crippen LogP) is 2.05. The minimum absolute atomic E-state index is 0.270. The Balaban J connectivity index is 2.49. The Hall–Kier alpha value is -1.59. The van der Waals surface area contributed by atoms with Gasteiger partial charge in [0.15, 0.2) is 0 Å². The molecule has 0 saturated heterocycles. The smallest absolute Gasteiger partial charge is 0.235 e. The number of hydrogen-bond donors (Lipinski definition) is 2. The highest BCUT2D eigenvalue weighted by atomic mass is 35.5. The molecule has 0 bridgehead atoms. The fraction of sp³-hybridized carbons (Fsp3) is 0.529. The zero-order valence-corrected chi connectivity index (χ0v) is 15.0. The molecule has 0 aromatic heterocycles. The van der Waals surface area contributed by atoms with Gasteiger partial charge in [0.05, 0.1) is 0 Å². The number of benzene rings is 1. The Morgan fingerprint density at radius 2 is 1.74 bits per heavy atom. The van der Waals surface area contributed by atoms with Crippen molar-refractivity contribution in [2.45, 2.75) is 26.8 Å². The monoisotopic (exact) mass is 339 g/mol. The molecular formula is C17H26ClN3O2. The van der Waals surface area contributed by atoms with Crippen LogP contribution >= 0.6 is 11.6 Å². The summed E-state index contributed by atoms with van der Waals surface area (Å²) in [4.78, 5) is 26.6. The summed E-state index contributed by atoms with van der Waals surface area (Å²) in [6, 6.07) is 7.30. The van der Waals surface area contributed by atoms with E-state index in [0.29, 0.717) is 18.1 Å². The summed E-state index contributed by atoms with van der Waals surface area (Å²) in [5.41, 5.74) is -0.302. The first kappa shape index (κ1) is 19.5. The summed E-state index contributed by atoms with van der Waals surface area (Å²) in [7, 11) is 3.96.